The summed E-state index contributed by atoms with van der Waals surface area (Å²) in [6, 6.07) is 8.78. The first-order chi connectivity index (χ1) is 9.51. The fraction of sp³-hybridized carbons (Fsp3) is 0.200. The van der Waals surface area contributed by atoms with Crippen molar-refractivity contribution in [2.75, 3.05) is 7.05 Å². The van der Waals surface area contributed by atoms with Crippen LogP contribution in [0.5, 0.6) is 0 Å². The molecule has 1 atom stereocenters. The van der Waals surface area contributed by atoms with E-state index in [0.717, 1.165) is 11.1 Å². The van der Waals surface area contributed by atoms with Gasteiger partial charge in [-0.15, -0.1) is 0 Å². The number of hydrogen-bond acceptors (Lipinski definition) is 1. The van der Waals surface area contributed by atoms with Crippen LogP contribution in [0, 0.1) is 11.6 Å². The summed E-state index contributed by atoms with van der Waals surface area (Å²) in [5.74, 6) is -0.824. The van der Waals surface area contributed by atoms with E-state index < -0.39 is 5.82 Å². The Kier molecular flexibility index (Phi) is 4.97. The molecule has 2 rings (SSSR count). The van der Waals surface area contributed by atoms with Crippen molar-refractivity contribution >= 4 is 23.2 Å². The van der Waals surface area contributed by atoms with Gasteiger partial charge in [0.2, 0.25) is 0 Å². The Labute approximate surface area is 126 Å². The van der Waals surface area contributed by atoms with Crippen molar-refractivity contribution in [3.05, 3.63) is 69.2 Å². The van der Waals surface area contributed by atoms with Gasteiger partial charge in [0, 0.05) is 11.1 Å². The molecule has 0 bridgehead atoms. The number of rotatable bonds is 4. The molecule has 2 aromatic rings. The highest BCUT2D eigenvalue weighted by Crippen LogP contribution is 2.26. The lowest BCUT2D eigenvalue weighted by Crippen LogP contribution is -2.19. The summed E-state index contributed by atoms with van der Waals surface area (Å²) in [5.41, 5.74) is 1.66. The van der Waals surface area contributed by atoms with Crippen LogP contribution in [0.1, 0.15) is 17.2 Å². The van der Waals surface area contributed by atoms with Gasteiger partial charge in [-0.2, -0.15) is 0 Å². The van der Waals surface area contributed by atoms with Gasteiger partial charge in [-0.3, -0.25) is 0 Å². The van der Waals surface area contributed by atoms with Crippen LogP contribution in [-0.4, -0.2) is 7.05 Å². The molecule has 0 heterocycles. The van der Waals surface area contributed by atoms with Crippen LogP contribution in [0.15, 0.2) is 36.4 Å². The molecule has 0 aromatic heterocycles. The minimum absolute atomic E-state index is 0.0768. The van der Waals surface area contributed by atoms with Gasteiger partial charge in [0.1, 0.15) is 11.6 Å². The highest BCUT2D eigenvalue weighted by Gasteiger charge is 2.14. The second-order valence-electron chi connectivity index (χ2n) is 4.45. The summed E-state index contributed by atoms with van der Waals surface area (Å²) in [6.45, 7) is 0. The number of halogens is 4. The summed E-state index contributed by atoms with van der Waals surface area (Å²) in [5, 5.41) is 3.57. The van der Waals surface area contributed by atoms with E-state index in [1.165, 1.54) is 18.2 Å². The van der Waals surface area contributed by atoms with Gasteiger partial charge in [-0.25, -0.2) is 8.78 Å². The van der Waals surface area contributed by atoms with Gasteiger partial charge in [0.05, 0.1) is 5.02 Å². The van der Waals surface area contributed by atoms with Crippen LogP contribution in [0.4, 0.5) is 8.78 Å². The van der Waals surface area contributed by atoms with Crippen LogP contribution in [-0.2, 0) is 6.42 Å². The zero-order chi connectivity index (χ0) is 14.7. The maximum Gasteiger partial charge on any atom is 0.141 e. The molecule has 0 amide bonds. The van der Waals surface area contributed by atoms with Crippen molar-refractivity contribution in [3.8, 4) is 0 Å². The van der Waals surface area contributed by atoms with Gasteiger partial charge in [-0.05, 0) is 48.9 Å². The molecule has 106 valence electrons. The highest BCUT2D eigenvalue weighted by atomic mass is 35.5. The number of benzene rings is 2. The summed E-state index contributed by atoms with van der Waals surface area (Å²) >= 11 is 11.8. The van der Waals surface area contributed by atoms with Crippen LogP contribution < -0.4 is 5.32 Å². The predicted octanol–water partition coefficient (Wildman–Crippen LogP) is 4.77. The van der Waals surface area contributed by atoms with Gasteiger partial charge >= 0.3 is 0 Å². The molecular formula is C15H13Cl2F2N. The van der Waals surface area contributed by atoms with E-state index >= 15 is 0 Å². The summed E-state index contributed by atoms with van der Waals surface area (Å²) in [6.07, 6.45) is 0.553. The zero-order valence-electron chi connectivity index (χ0n) is 10.8. The van der Waals surface area contributed by atoms with Crippen LogP contribution in [0.3, 0.4) is 0 Å². The Bertz CT molecular complexity index is 617. The zero-order valence-corrected chi connectivity index (χ0v) is 12.3. The maximum atomic E-state index is 13.2. The molecular weight excluding hydrogens is 303 g/mol. The number of likely N-dealkylation sites (N-methyl/N-ethyl adjacent to an activating group) is 1. The molecule has 0 aliphatic heterocycles. The highest BCUT2D eigenvalue weighted by molar-refractivity contribution is 6.31. The van der Waals surface area contributed by atoms with Crippen LogP contribution >= 0.6 is 23.2 Å². The first-order valence-corrected chi connectivity index (χ1v) is 6.83. The Hall–Kier alpha value is -1.16. The molecule has 0 radical (unpaired) electrons. The molecule has 0 spiro atoms. The molecule has 20 heavy (non-hydrogen) atoms. The Morgan fingerprint density at radius 1 is 1.05 bits per heavy atom. The van der Waals surface area contributed by atoms with Gasteiger partial charge in [0.25, 0.3) is 0 Å². The molecule has 2 aromatic carbocycles. The van der Waals surface area contributed by atoms with E-state index in [-0.39, 0.29) is 16.9 Å². The molecule has 0 fully saturated rings. The third-order valence-electron chi connectivity index (χ3n) is 3.13. The molecule has 1 unspecified atom stereocenters. The number of nitrogens with one attached hydrogen (secondary N) is 1. The normalized spacial score (nSPS) is 12.4. The van der Waals surface area contributed by atoms with E-state index in [9.17, 15) is 8.78 Å². The minimum Gasteiger partial charge on any atom is -0.313 e. The van der Waals surface area contributed by atoms with Gasteiger partial charge < -0.3 is 5.32 Å². The molecule has 0 saturated carbocycles. The average molecular weight is 316 g/mol. The fourth-order valence-corrected chi connectivity index (χ4v) is 2.46. The van der Waals surface area contributed by atoms with Gasteiger partial charge in [-0.1, -0.05) is 35.3 Å². The fourth-order valence-electron chi connectivity index (χ4n) is 2.02. The van der Waals surface area contributed by atoms with Crippen LogP contribution in [0.25, 0.3) is 0 Å². The van der Waals surface area contributed by atoms with E-state index in [2.05, 4.69) is 5.32 Å². The largest absolute Gasteiger partial charge is 0.313 e. The SMILES string of the molecule is CNC(Cc1ccc(F)cc1Cl)c1ccc(F)c(Cl)c1. The van der Waals surface area contributed by atoms with E-state index in [1.807, 2.05) is 0 Å². The third-order valence-corrected chi connectivity index (χ3v) is 3.78. The first-order valence-electron chi connectivity index (χ1n) is 6.07. The standard InChI is InChI=1S/C15H13Cl2F2N/c1-20-15(10-3-5-14(19)13(17)6-10)7-9-2-4-11(18)8-12(9)16/h2-6,8,15,20H,7H2,1H3. The molecule has 0 aliphatic carbocycles. The lowest BCUT2D eigenvalue weighted by atomic mass is 9.99. The summed E-state index contributed by atoms with van der Waals surface area (Å²) < 4.78 is 26.2. The van der Waals surface area contributed by atoms with Crippen molar-refractivity contribution in [1.29, 1.82) is 0 Å². The van der Waals surface area contributed by atoms with Gasteiger partial charge in [0.15, 0.2) is 0 Å². The topological polar surface area (TPSA) is 12.0 Å². The molecule has 5 heteroatoms. The molecule has 0 saturated heterocycles. The molecule has 0 aliphatic rings. The monoisotopic (exact) mass is 315 g/mol. The van der Waals surface area contributed by atoms with Crippen molar-refractivity contribution in [3.63, 3.8) is 0 Å². The molecule has 1 N–H and O–H groups in total. The van der Waals surface area contributed by atoms with E-state index in [1.54, 1.807) is 25.2 Å². The maximum absolute atomic E-state index is 13.2. The van der Waals surface area contributed by atoms with Crippen LogP contribution in [0.2, 0.25) is 10.0 Å². The average Bonchev–Trinajstić information content (AvgIpc) is 2.41. The van der Waals surface area contributed by atoms with Crippen molar-refractivity contribution in [2.24, 2.45) is 0 Å². The lowest BCUT2D eigenvalue weighted by molar-refractivity contribution is 0.583. The Morgan fingerprint density at radius 3 is 2.40 bits per heavy atom. The van der Waals surface area contributed by atoms with E-state index in [4.69, 9.17) is 23.2 Å². The van der Waals surface area contributed by atoms with Crippen molar-refractivity contribution in [2.45, 2.75) is 12.5 Å². The third kappa shape index (κ3) is 3.48. The Morgan fingerprint density at radius 2 is 1.80 bits per heavy atom. The van der Waals surface area contributed by atoms with Crippen molar-refractivity contribution in [1.82, 2.24) is 5.32 Å². The predicted molar refractivity (Wildman–Crippen MR) is 78.3 cm³/mol. The number of hydrogen-bond donors (Lipinski definition) is 1. The Balaban J connectivity index is 2.26. The summed E-state index contributed by atoms with van der Waals surface area (Å²) in [4.78, 5) is 0. The quantitative estimate of drug-likeness (QED) is 0.856. The summed E-state index contributed by atoms with van der Waals surface area (Å²) in [7, 11) is 1.79. The van der Waals surface area contributed by atoms with E-state index in [0.29, 0.717) is 11.4 Å². The lowest BCUT2D eigenvalue weighted by Gasteiger charge is -2.18. The minimum atomic E-state index is -0.454. The smallest absolute Gasteiger partial charge is 0.141 e. The second kappa shape index (κ2) is 6.53. The molecule has 1 nitrogen and oxygen atoms in total. The second-order valence-corrected chi connectivity index (χ2v) is 5.27. The van der Waals surface area contributed by atoms with Crippen molar-refractivity contribution < 1.29 is 8.78 Å². The first kappa shape index (κ1) is 15.2.